The Kier molecular flexibility index (Phi) is 5.03. The van der Waals surface area contributed by atoms with Gasteiger partial charge in [0.05, 0.1) is 5.69 Å². The molecule has 2 aromatic carbocycles. The zero-order chi connectivity index (χ0) is 19.4. The first-order valence-corrected chi connectivity index (χ1v) is 8.04. The Morgan fingerprint density at radius 1 is 1.07 bits per heavy atom. The van der Waals surface area contributed by atoms with Gasteiger partial charge in [-0.25, -0.2) is 9.69 Å². The maximum absolute atomic E-state index is 12.8. The van der Waals surface area contributed by atoms with E-state index in [1.807, 2.05) is 0 Å². The van der Waals surface area contributed by atoms with Gasteiger partial charge in [0, 0.05) is 5.56 Å². The molecule has 0 bridgehead atoms. The molecule has 0 spiro atoms. The fraction of sp³-hybridized carbons (Fsp3) is 0.0500. The Morgan fingerprint density at radius 3 is 2.48 bits per heavy atom. The molecule has 0 saturated carbocycles. The molecular formula is C20H16N2O5. The molecule has 0 aromatic heterocycles. The Hall–Kier alpha value is -3.87. The lowest BCUT2D eigenvalue weighted by Crippen LogP contribution is -2.54. The number of barbiturate groups is 1. The number of ether oxygens (including phenoxy) is 1. The molecule has 3 rings (SSSR count). The van der Waals surface area contributed by atoms with Gasteiger partial charge in [0.1, 0.15) is 23.7 Å². The van der Waals surface area contributed by atoms with Crippen molar-refractivity contribution in [2.75, 3.05) is 11.5 Å². The summed E-state index contributed by atoms with van der Waals surface area (Å²) in [6.45, 7) is 3.84. The van der Waals surface area contributed by atoms with E-state index in [2.05, 4.69) is 11.9 Å². The number of carbonyl (C=O) groups is 3. The molecule has 1 saturated heterocycles. The first kappa shape index (κ1) is 17.9. The second kappa shape index (κ2) is 7.57. The highest BCUT2D eigenvalue weighted by molar-refractivity contribution is 6.39. The number of phenolic OH excluding ortho intramolecular Hbond substituents is 1. The summed E-state index contributed by atoms with van der Waals surface area (Å²) in [5, 5.41) is 11.5. The SMILES string of the molecule is C=CCOc1ccccc1/C=C1/C(=O)NC(=O)N(c2ccc(O)cc2)C1=O. The predicted octanol–water partition coefficient (Wildman–Crippen LogP) is 2.62. The molecule has 2 N–H and O–H groups in total. The number of imide groups is 2. The summed E-state index contributed by atoms with van der Waals surface area (Å²) in [6.07, 6.45) is 2.95. The van der Waals surface area contributed by atoms with Crippen molar-refractivity contribution in [3.63, 3.8) is 0 Å². The van der Waals surface area contributed by atoms with E-state index in [9.17, 15) is 19.5 Å². The van der Waals surface area contributed by atoms with Crippen molar-refractivity contribution in [2.45, 2.75) is 0 Å². The second-order valence-electron chi connectivity index (χ2n) is 5.61. The highest BCUT2D eigenvalue weighted by Crippen LogP contribution is 2.26. The van der Waals surface area contributed by atoms with Gasteiger partial charge < -0.3 is 9.84 Å². The lowest BCUT2D eigenvalue weighted by molar-refractivity contribution is -0.122. The predicted molar refractivity (Wildman–Crippen MR) is 99.2 cm³/mol. The summed E-state index contributed by atoms with van der Waals surface area (Å²) in [7, 11) is 0. The van der Waals surface area contributed by atoms with Gasteiger partial charge in [-0.15, -0.1) is 0 Å². The van der Waals surface area contributed by atoms with E-state index in [-0.39, 0.29) is 23.6 Å². The second-order valence-corrected chi connectivity index (χ2v) is 5.61. The highest BCUT2D eigenvalue weighted by Gasteiger charge is 2.36. The van der Waals surface area contributed by atoms with Crippen LogP contribution in [0.25, 0.3) is 6.08 Å². The quantitative estimate of drug-likeness (QED) is 0.483. The average Bonchev–Trinajstić information content (AvgIpc) is 2.65. The molecule has 27 heavy (non-hydrogen) atoms. The summed E-state index contributed by atoms with van der Waals surface area (Å²) in [5.41, 5.74) is 0.528. The summed E-state index contributed by atoms with van der Waals surface area (Å²) < 4.78 is 5.53. The van der Waals surface area contributed by atoms with Crippen molar-refractivity contribution >= 4 is 29.6 Å². The van der Waals surface area contributed by atoms with Crippen LogP contribution in [0.2, 0.25) is 0 Å². The van der Waals surface area contributed by atoms with Gasteiger partial charge in [0.2, 0.25) is 0 Å². The standard InChI is InChI=1S/C20H16N2O5/c1-2-11-27-17-6-4-3-5-13(17)12-16-18(24)21-20(26)22(19(16)25)14-7-9-15(23)10-8-14/h2-10,12,23H,1,11H2,(H,21,24,26)/b16-12-. The van der Waals surface area contributed by atoms with Gasteiger partial charge in [0.15, 0.2) is 0 Å². The van der Waals surface area contributed by atoms with Gasteiger partial charge in [-0.3, -0.25) is 14.9 Å². The van der Waals surface area contributed by atoms with E-state index in [0.29, 0.717) is 11.3 Å². The average molecular weight is 364 g/mol. The number of amides is 4. The Morgan fingerprint density at radius 2 is 1.78 bits per heavy atom. The Labute approximate surface area is 155 Å². The highest BCUT2D eigenvalue weighted by atomic mass is 16.5. The third kappa shape index (κ3) is 3.72. The minimum absolute atomic E-state index is 0.0104. The van der Waals surface area contributed by atoms with Gasteiger partial charge >= 0.3 is 6.03 Å². The van der Waals surface area contributed by atoms with Gasteiger partial charge in [-0.2, -0.15) is 0 Å². The third-order valence-electron chi connectivity index (χ3n) is 3.79. The molecule has 0 unspecified atom stereocenters. The van der Waals surface area contributed by atoms with E-state index in [0.717, 1.165) is 4.90 Å². The molecule has 1 aliphatic rings. The van der Waals surface area contributed by atoms with Crippen molar-refractivity contribution in [2.24, 2.45) is 0 Å². The lowest BCUT2D eigenvalue weighted by atomic mass is 10.1. The number of anilines is 1. The normalized spacial score (nSPS) is 15.6. The number of carbonyl (C=O) groups excluding carboxylic acids is 3. The maximum atomic E-state index is 12.8. The number of urea groups is 1. The van der Waals surface area contributed by atoms with Crippen LogP contribution in [0.15, 0.2) is 66.8 Å². The van der Waals surface area contributed by atoms with Crippen LogP contribution in [-0.2, 0) is 9.59 Å². The molecule has 7 heteroatoms. The zero-order valence-electron chi connectivity index (χ0n) is 14.2. The van der Waals surface area contributed by atoms with Crippen molar-refractivity contribution in [1.82, 2.24) is 5.32 Å². The van der Waals surface area contributed by atoms with E-state index in [1.54, 1.807) is 30.3 Å². The van der Waals surface area contributed by atoms with Gasteiger partial charge in [-0.05, 0) is 36.4 Å². The summed E-state index contributed by atoms with van der Waals surface area (Å²) in [5.74, 6) is -1.10. The number of nitrogens with one attached hydrogen (secondary N) is 1. The smallest absolute Gasteiger partial charge is 0.335 e. The fourth-order valence-electron chi connectivity index (χ4n) is 2.53. The Bertz CT molecular complexity index is 947. The van der Waals surface area contributed by atoms with E-state index in [1.165, 1.54) is 30.3 Å². The molecule has 0 aliphatic carbocycles. The van der Waals surface area contributed by atoms with Gasteiger partial charge in [-0.1, -0.05) is 30.9 Å². The van der Waals surface area contributed by atoms with Crippen LogP contribution in [0.4, 0.5) is 10.5 Å². The molecule has 4 amide bonds. The van der Waals surface area contributed by atoms with Crippen LogP contribution < -0.4 is 15.0 Å². The fourth-order valence-corrected chi connectivity index (χ4v) is 2.53. The largest absolute Gasteiger partial charge is 0.508 e. The molecule has 1 aliphatic heterocycles. The number of hydrogen-bond donors (Lipinski definition) is 2. The first-order chi connectivity index (χ1) is 13.0. The van der Waals surface area contributed by atoms with Crippen LogP contribution in [0.3, 0.4) is 0 Å². The molecule has 2 aromatic rings. The van der Waals surface area contributed by atoms with Crippen LogP contribution >= 0.6 is 0 Å². The molecule has 1 fully saturated rings. The maximum Gasteiger partial charge on any atom is 0.335 e. The molecule has 1 heterocycles. The first-order valence-electron chi connectivity index (χ1n) is 8.04. The molecule has 0 radical (unpaired) electrons. The van der Waals surface area contributed by atoms with Crippen molar-refractivity contribution in [3.05, 3.63) is 72.3 Å². The van der Waals surface area contributed by atoms with E-state index >= 15 is 0 Å². The van der Waals surface area contributed by atoms with E-state index < -0.39 is 17.8 Å². The lowest BCUT2D eigenvalue weighted by Gasteiger charge is -2.26. The van der Waals surface area contributed by atoms with Crippen molar-refractivity contribution in [3.8, 4) is 11.5 Å². The number of rotatable bonds is 5. The van der Waals surface area contributed by atoms with Crippen molar-refractivity contribution < 1.29 is 24.2 Å². The number of phenols is 1. The zero-order valence-corrected chi connectivity index (χ0v) is 14.2. The monoisotopic (exact) mass is 364 g/mol. The summed E-state index contributed by atoms with van der Waals surface area (Å²) in [4.78, 5) is 38.0. The summed E-state index contributed by atoms with van der Waals surface area (Å²) >= 11 is 0. The molecule has 7 nitrogen and oxygen atoms in total. The third-order valence-corrected chi connectivity index (χ3v) is 3.79. The number of aromatic hydroxyl groups is 1. The number of para-hydroxylation sites is 1. The van der Waals surface area contributed by atoms with Crippen molar-refractivity contribution in [1.29, 1.82) is 0 Å². The molecular weight excluding hydrogens is 348 g/mol. The molecule has 0 atom stereocenters. The number of benzene rings is 2. The van der Waals surface area contributed by atoms with Gasteiger partial charge in [0.25, 0.3) is 11.8 Å². The number of hydrogen-bond acceptors (Lipinski definition) is 5. The van der Waals surface area contributed by atoms with Crippen LogP contribution in [-0.4, -0.2) is 29.6 Å². The molecule has 136 valence electrons. The number of nitrogens with zero attached hydrogens (tertiary/aromatic N) is 1. The summed E-state index contributed by atoms with van der Waals surface area (Å²) in [6, 6.07) is 11.5. The van der Waals surface area contributed by atoms with Crippen LogP contribution in [0.1, 0.15) is 5.56 Å². The topological polar surface area (TPSA) is 95.9 Å². The van der Waals surface area contributed by atoms with Crippen LogP contribution in [0, 0.1) is 0 Å². The minimum atomic E-state index is -0.857. The minimum Gasteiger partial charge on any atom is -0.508 e. The van der Waals surface area contributed by atoms with E-state index in [4.69, 9.17) is 4.74 Å². The Balaban J connectivity index is 2.00. The van der Waals surface area contributed by atoms with Crippen LogP contribution in [0.5, 0.6) is 11.5 Å².